The van der Waals surface area contributed by atoms with Crippen LogP contribution >= 0.6 is 0 Å². The minimum absolute atomic E-state index is 0.209. The van der Waals surface area contributed by atoms with Crippen LogP contribution in [-0.4, -0.2) is 26.4 Å². The van der Waals surface area contributed by atoms with Gasteiger partial charge in [0.25, 0.3) is 0 Å². The summed E-state index contributed by atoms with van der Waals surface area (Å²) in [4.78, 5) is 0. The van der Waals surface area contributed by atoms with Crippen LogP contribution < -0.4 is 5.19 Å². The molecule has 0 saturated carbocycles. The fourth-order valence-corrected chi connectivity index (χ4v) is 6.38. The highest BCUT2D eigenvalue weighted by molar-refractivity contribution is 6.98. The summed E-state index contributed by atoms with van der Waals surface area (Å²) in [7, 11) is -2.13. The topological polar surface area (TPSA) is 18.5 Å². The van der Waals surface area contributed by atoms with E-state index in [0.29, 0.717) is 0 Å². The van der Waals surface area contributed by atoms with Crippen LogP contribution in [0.5, 0.6) is 0 Å². The van der Waals surface area contributed by atoms with Crippen molar-refractivity contribution in [3.05, 3.63) is 72.3 Å². The van der Waals surface area contributed by atoms with E-state index in [9.17, 15) is 0 Å². The van der Waals surface area contributed by atoms with Crippen molar-refractivity contribution in [2.75, 3.05) is 0 Å². The van der Waals surface area contributed by atoms with E-state index >= 15 is 0 Å². The van der Waals surface area contributed by atoms with Crippen LogP contribution in [0.1, 0.15) is 33.3 Å². The van der Waals surface area contributed by atoms with Crippen LogP contribution in [0.25, 0.3) is 6.08 Å². The molecule has 1 unspecified atom stereocenters. The molecule has 0 aliphatic carbocycles. The molecule has 2 aromatic carbocycles. The van der Waals surface area contributed by atoms with Gasteiger partial charge in [0, 0.05) is 5.44 Å². The van der Waals surface area contributed by atoms with Crippen molar-refractivity contribution < 1.29 is 9.31 Å². The van der Waals surface area contributed by atoms with Gasteiger partial charge in [-0.3, -0.25) is 0 Å². The molecule has 0 radical (unpaired) electrons. The first-order chi connectivity index (χ1) is 12.6. The lowest BCUT2D eigenvalue weighted by Crippen LogP contribution is -2.51. The molecule has 3 rings (SSSR count). The van der Waals surface area contributed by atoms with Gasteiger partial charge in [0.2, 0.25) is 0 Å². The number of benzene rings is 2. The summed E-state index contributed by atoms with van der Waals surface area (Å²) in [5.74, 6) is 0. The maximum absolute atomic E-state index is 6.48. The summed E-state index contributed by atoms with van der Waals surface area (Å²) in [5.41, 5.74) is 0.771. The van der Waals surface area contributed by atoms with Crippen molar-refractivity contribution in [2.24, 2.45) is 0 Å². The molecule has 1 atom stereocenters. The third-order valence-electron chi connectivity index (χ3n) is 6.21. The van der Waals surface area contributed by atoms with Crippen LogP contribution in [0.2, 0.25) is 18.5 Å². The smallest absolute Gasteiger partial charge is 0.403 e. The van der Waals surface area contributed by atoms with Gasteiger partial charge in [-0.15, -0.1) is 0 Å². The molecule has 1 heterocycles. The molecular weight excluding hydrogens is 347 g/mol. The molecule has 1 aliphatic rings. The Bertz CT molecular complexity index is 769. The van der Waals surface area contributed by atoms with E-state index in [4.69, 9.17) is 9.31 Å². The molecule has 4 heteroatoms. The zero-order valence-electron chi connectivity index (χ0n) is 17.4. The van der Waals surface area contributed by atoms with Gasteiger partial charge in [-0.2, -0.15) is 0 Å². The molecule has 1 saturated heterocycles. The fraction of sp³-hybridized carbons (Fsp3) is 0.391. The predicted octanol–water partition coefficient (Wildman–Crippen LogP) is 5.32. The number of rotatable bonds is 5. The van der Waals surface area contributed by atoms with Gasteiger partial charge in [-0.05, 0) is 33.3 Å². The lowest BCUT2D eigenvalue weighted by Gasteiger charge is -2.32. The normalized spacial score (nSPS) is 20.1. The predicted molar refractivity (Wildman–Crippen MR) is 119 cm³/mol. The van der Waals surface area contributed by atoms with Crippen LogP contribution in [0.4, 0.5) is 0 Å². The molecule has 0 N–H and O–H groups in total. The van der Waals surface area contributed by atoms with Gasteiger partial charge in [-0.1, -0.05) is 91.1 Å². The number of hydrogen-bond donors (Lipinski definition) is 0. The molecule has 0 bridgehead atoms. The van der Waals surface area contributed by atoms with Crippen molar-refractivity contribution in [2.45, 2.75) is 57.4 Å². The summed E-state index contributed by atoms with van der Waals surface area (Å²) in [5, 5.41) is 1.42. The Balaban J connectivity index is 1.98. The summed E-state index contributed by atoms with van der Waals surface area (Å²) >= 11 is 0. The largest absolute Gasteiger partial charge is 0.462 e. The number of hydrogen-bond acceptors (Lipinski definition) is 2. The first-order valence-corrected chi connectivity index (χ1v) is 12.9. The highest BCUT2D eigenvalue weighted by atomic mass is 28.3. The van der Waals surface area contributed by atoms with Crippen molar-refractivity contribution in [3.63, 3.8) is 0 Å². The van der Waals surface area contributed by atoms with Crippen molar-refractivity contribution in [1.82, 2.24) is 0 Å². The van der Waals surface area contributed by atoms with Gasteiger partial charge in [-0.25, -0.2) is 0 Å². The average molecular weight is 378 g/mol. The van der Waals surface area contributed by atoms with Crippen molar-refractivity contribution in [1.29, 1.82) is 0 Å². The highest BCUT2D eigenvalue weighted by Gasteiger charge is 2.56. The molecule has 0 aromatic heterocycles. The fourth-order valence-electron chi connectivity index (χ4n) is 3.55. The molecule has 1 aliphatic heterocycles. The molecule has 0 amide bonds. The molecule has 2 aromatic rings. The first-order valence-electron chi connectivity index (χ1n) is 9.78. The highest BCUT2D eigenvalue weighted by Crippen LogP contribution is 2.43. The van der Waals surface area contributed by atoms with Crippen LogP contribution in [-0.2, 0) is 9.31 Å². The van der Waals surface area contributed by atoms with E-state index in [1.165, 1.54) is 10.8 Å². The standard InChI is InChI=1S/C23H31BO2Si/c1-22(2)23(3,4)26-24(25-22)21(18-17-19-13-9-7-10-14-19)27(5,6)20-15-11-8-12-16-20/h7-18,21H,1-6H3/b18-17+. The molecule has 142 valence electrons. The monoisotopic (exact) mass is 378 g/mol. The maximum atomic E-state index is 6.48. The minimum Gasteiger partial charge on any atom is -0.403 e. The van der Waals surface area contributed by atoms with Gasteiger partial charge >= 0.3 is 7.12 Å². The molecule has 27 heavy (non-hydrogen) atoms. The summed E-state index contributed by atoms with van der Waals surface area (Å²) in [6.07, 6.45) is 4.53. The van der Waals surface area contributed by atoms with Crippen LogP contribution in [0, 0.1) is 0 Å². The lowest BCUT2D eigenvalue weighted by atomic mass is 9.83. The minimum atomic E-state index is -1.89. The van der Waals surface area contributed by atoms with Crippen molar-refractivity contribution in [3.8, 4) is 0 Å². The van der Waals surface area contributed by atoms with E-state index in [-0.39, 0.29) is 23.8 Å². The number of allylic oxidation sites excluding steroid dienone is 1. The van der Waals surface area contributed by atoms with Crippen LogP contribution in [0.15, 0.2) is 66.7 Å². The van der Waals surface area contributed by atoms with Gasteiger partial charge in [0.1, 0.15) is 0 Å². The summed E-state index contributed by atoms with van der Waals surface area (Å²) in [6.45, 7) is 13.3. The van der Waals surface area contributed by atoms with Crippen LogP contribution in [0.3, 0.4) is 0 Å². The molecule has 2 nitrogen and oxygen atoms in total. The van der Waals surface area contributed by atoms with E-state index in [0.717, 1.165) is 0 Å². The SMILES string of the molecule is CC1(C)OB(C(/C=C/c2ccccc2)[Si](C)(C)c2ccccc2)OC1(C)C. The Hall–Kier alpha value is -1.62. The maximum Gasteiger partial charge on any atom is 0.462 e. The second-order valence-corrected chi connectivity index (χ2v) is 13.7. The Morgan fingerprint density at radius 3 is 1.81 bits per heavy atom. The molecule has 0 spiro atoms. The third-order valence-corrected chi connectivity index (χ3v) is 10.2. The van der Waals surface area contributed by atoms with E-state index in [2.05, 4.69) is 108 Å². The summed E-state index contributed by atoms with van der Waals surface area (Å²) in [6, 6.07) is 21.3. The zero-order chi connectivity index (χ0) is 19.7. The first kappa shape index (κ1) is 20.1. The van der Waals surface area contributed by atoms with E-state index in [1.807, 2.05) is 6.07 Å². The van der Waals surface area contributed by atoms with Gasteiger partial charge < -0.3 is 9.31 Å². The Labute approximate surface area is 165 Å². The molecular formula is C23H31BO2Si. The third kappa shape index (κ3) is 4.13. The Morgan fingerprint density at radius 2 is 1.30 bits per heavy atom. The molecule has 1 fully saturated rings. The van der Waals surface area contributed by atoms with Crippen molar-refractivity contribution >= 4 is 26.5 Å². The summed E-state index contributed by atoms with van der Waals surface area (Å²) < 4.78 is 13.0. The van der Waals surface area contributed by atoms with Gasteiger partial charge in [0.05, 0.1) is 19.3 Å². The zero-order valence-corrected chi connectivity index (χ0v) is 18.4. The Morgan fingerprint density at radius 1 is 0.815 bits per heavy atom. The Kier molecular flexibility index (Phi) is 5.53. The van der Waals surface area contributed by atoms with Gasteiger partial charge in [0.15, 0.2) is 0 Å². The second-order valence-electron chi connectivity index (χ2n) is 9.01. The van der Waals surface area contributed by atoms with E-state index in [1.54, 1.807) is 0 Å². The average Bonchev–Trinajstić information content (AvgIpc) is 2.84. The quantitative estimate of drug-likeness (QED) is 0.656. The lowest BCUT2D eigenvalue weighted by molar-refractivity contribution is 0.00578. The van der Waals surface area contributed by atoms with E-state index < -0.39 is 8.07 Å². The second kappa shape index (κ2) is 7.42.